The topological polar surface area (TPSA) is 75.6 Å². The van der Waals surface area contributed by atoms with E-state index < -0.39 is 5.97 Å². The molecule has 2 aliphatic carbocycles. The third-order valence-electron chi connectivity index (χ3n) is 5.40. The van der Waals surface area contributed by atoms with Crippen LogP contribution in [-0.2, 0) is 14.3 Å². The van der Waals surface area contributed by atoms with Crippen molar-refractivity contribution < 1.29 is 19.4 Å². The Morgan fingerprint density at radius 2 is 2.00 bits per heavy atom. The van der Waals surface area contributed by atoms with Gasteiger partial charge in [-0.1, -0.05) is 6.42 Å². The molecule has 3 rings (SSSR count). The van der Waals surface area contributed by atoms with Gasteiger partial charge in [-0.2, -0.15) is 0 Å². The lowest BCUT2D eigenvalue weighted by Gasteiger charge is -2.63. The van der Waals surface area contributed by atoms with Gasteiger partial charge in [0.2, 0.25) is 5.91 Å². The number of fused-ring (bicyclic) bond motifs is 2. The number of carboxylic acid groups (broad SMARTS) is 1. The molecule has 2 N–H and O–H groups in total. The molecule has 0 aromatic rings. The SMILES string of the molecule is O=C(O)CCCCC(=O)NC1C2CCOC2C12CCC2. The molecular weight excluding hydrogens is 258 g/mol. The highest BCUT2D eigenvalue weighted by atomic mass is 16.5. The van der Waals surface area contributed by atoms with E-state index in [1.54, 1.807) is 0 Å². The molecule has 5 nitrogen and oxygen atoms in total. The molecule has 0 aromatic carbocycles. The molecule has 1 amide bonds. The van der Waals surface area contributed by atoms with Crippen LogP contribution in [0.5, 0.6) is 0 Å². The van der Waals surface area contributed by atoms with Gasteiger partial charge in [0.1, 0.15) is 0 Å². The summed E-state index contributed by atoms with van der Waals surface area (Å²) in [6.07, 6.45) is 6.88. The molecule has 3 fully saturated rings. The lowest BCUT2D eigenvalue weighted by atomic mass is 9.46. The minimum Gasteiger partial charge on any atom is -0.481 e. The van der Waals surface area contributed by atoms with Gasteiger partial charge >= 0.3 is 5.97 Å². The zero-order chi connectivity index (χ0) is 14.2. The molecule has 5 heteroatoms. The molecule has 0 bridgehead atoms. The maximum absolute atomic E-state index is 12.0. The number of hydrogen-bond acceptors (Lipinski definition) is 3. The fraction of sp³-hybridized carbons (Fsp3) is 0.867. The molecule has 1 spiro atoms. The van der Waals surface area contributed by atoms with E-state index in [9.17, 15) is 9.59 Å². The minimum absolute atomic E-state index is 0.0806. The van der Waals surface area contributed by atoms with Crippen LogP contribution in [0, 0.1) is 11.3 Å². The third-order valence-corrected chi connectivity index (χ3v) is 5.40. The van der Waals surface area contributed by atoms with Crippen LogP contribution >= 0.6 is 0 Å². The van der Waals surface area contributed by atoms with Crippen molar-refractivity contribution in [1.29, 1.82) is 0 Å². The Morgan fingerprint density at radius 3 is 2.65 bits per heavy atom. The van der Waals surface area contributed by atoms with Crippen molar-refractivity contribution >= 4 is 11.9 Å². The third kappa shape index (κ3) is 2.22. The van der Waals surface area contributed by atoms with E-state index >= 15 is 0 Å². The largest absolute Gasteiger partial charge is 0.481 e. The number of hydrogen-bond donors (Lipinski definition) is 2. The zero-order valence-electron chi connectivity index (χ0n) is 11.8. The van der Waals surface area contributed by atoms with Gasteiger partial charge in [-0.15, -0.1) is 0 Å². The summed E-state index contributed by atoms with van der Waals surface area (Å²) < 4.78 is 5.83. The van der Waals surface area contributed by atoms with Crippen molar-refractivity contribution in [2.24, 2.45) is 11.3 Å². The number of unbranched alkanes of at least 4 members (excludes halogenated alkanes) is 1. The Morgan fingerprint density at radius 1 is 1.25 bits per heavy atom. The average Bonchev–Trinajstić information content (AvgIpc) is 2.75. The number of amides is 1. The van der Waals surface area contributed by atoms with Crippen LogP contribution < -0.4 is 5.32 Å². The van der Waals surface area contributed by atoms with E-state index in [1.165, 1.54) is 19.3 Å². The first-order chi connectivity index (χ1) is 9.63. The van der Waals surface area contributed by atoms with E-state index in [0.29, 0.717) is 37.3 Å². The predicted molar refractivity (Wildman–Crippen MR) is 72.2 cm³/mol. The fourth-order valence-electron chi connectivity index (χ4n) is 4.26. The number of rotatable bonds is 6. The van der Waals surface area contributed by atoms with Crippen molar-refractivity contribution in [1.82, 2.24) is 5.32 Å². The second kappa shape index (κ2) is 5.35. The standard InChI is InChI=1S/C15H23NO4/c17-11(4-1-2-5-12(18)19)16-13-10-6-9-20-14(10)15(13)7-3-8-15/h10,13-14H,1-9H2,(H,16,17)(H,18,19). The van der Waals surface area contributed by atoms with Crippen LogP contribution in [-0.4, -0.2) is 35.7 Å². The second-order valence-corrected chi connectivity index (χ2v) is 6.48. The van der Waals surface area contributed by atoms with Gasteiger partial charge in [0.15, 0.2) is 0 Å². The summed E-state index contributed by atoms with van der Waals surface area (Å²) >= 11 is 0. The second-order valence-electron chi connectivity index (χ2n) is 6.48. The van der Waals surface area contributed by atoms with Gasteiger partial charge in [0.25, 0.3) is 0 Å². The highest BCUT2D eigenvalue weighted by molar-refractivity contribution is 5.76. The van der Waals surface area contributed by atoms with Crippen LogP contribution in [0.1, 0.15) is 51.4 Å². The van der Waals surface area contributed by atoms with Crippen molar-refractivity contribution in [2.45, 2.75) is 63.5 Å². The van der Waals surface area contributed by atoms with Crippen molar-refractivity contribution in [3.8, 4) is 0 Å². The van der Waals surface area contributed by atoms with Crippen molar-refractivity contribution in [3.63, 3.8) is 0 Å². The molecule has 0 aromatic heterocycles. The first kappa shape index (κ1) is 13.9. The summed E-state index contributed by atoms with van der Waals surface area (Å²) in [5, 5.41) is 11.8. The monoisotopic (exact) mass is 281 g/mol. The Hall–Kier alpha value is -1.10. The van der Waals surface area contributed by atoms with E-state index in [2.05, 4.69) is 5.32 Å². The zero-order valence-corrected chi connectivity index (χ0v) is 11.8. The maximum atomic E-state index is 12.0. The summed E-state index contributed by atoms with van der Waals surface area (Å²) in [6.45, 7) is 0.835. The van der Waals surface area contributed by atoms with Crippen molar-refractivity contribution in [2.75, 3.05) is 6.61 Å². The maximum Gasteiger partial charge on any atom is 0.303 e. The van der Waals surface area contributed by atoms with E-state index in [1.807, 2.05) is 0 Å². The number of carboxylic acids is 1. The number of carbonyl (C=O) groups is 2. The molecule has 1 heterocycles. The summed E-state index contributed by atoms with van der Waals surface area (Å²) in [5.74, 6) is -0.195. The Labute approximate surface area is 119 Å². The summed E-state index contributed by atoms with van der Waals surface area (Å²) in [5.41, 5.74) is 0.234. The van der Waals surface area contributed by atoms with Crippen LogP contribution in [0.2, 0.25) is 0 Å². The Bertz CT molecular complexity index is 405. The first-order valence-electron chi connectivity index (χ1n) is 7.76. The number of nitrogens with one attached hydrogen (secondary N) is 1. The summed E-state index contributed by atoms with van der Waals surface area (Å²) in [6, 6.07) is 0.302. The molecule has 3 aliphatic rings. The molecule has 112 valence electrons. The Kier molecular flexibility index (Phi) is 3.71. The first-order valence-corrected chi connectivity index (χ1v) is 7.76. The minimum atomic E-state index is -0.788. The van der Waals surface area contributed by atoms with E-state index in [4.69, 9.17) is 9.84 Å². The summed E-state index contributed by atoms with van der Waals surface area (Å²) in [7, 11) is 0. The number of ether oxygens (including phenoxy) is 1. The van der Waals surface area contributed by atoms with Crippen molar-refractivity contribution in [3.05, 3.63) is 0 Å². The van der Waals surface area contributed by atoms with Gasteiger partial charge in [-0.05, 0) is 32.1 Å². The van der Waals surface area contributed by atoms with Crippen LogP contribution in [0.15, 0.2) is 0 Å². The average molecular weight is 281 g/mol. The van der Waals surface area contributed by atoms with Gasteiger partial charge in [0, 0.05) is 36.8 Å². The molecule has 3 unspecified atom stereocenters. The highest BCUT2D eigenvalue weighted by Crippen LogP contribution is 2.62. The fourth-order valence-corrected chi connectivity index (χ4v) is 4.26. The smallest absolute Gasteiger partial charge is 0.303 e. The molecule has 2 saturated carbocycles. The molecule has 1 saturated heterocycles. The molecule has 20 heavy (non-hydrogen) atoms. The van der Waals surface area contributed by atoms with E-state index in [0.717, 1.165) is 13.0 Å². The van der Waals surface area contributed by atoms with Gasteiger partial charge in [-0.25, -0.2) is 0 Å². The van der Waals surface area contributed by atoms with Gasteiger partial charge < -0.3 is 15.2 Å². The quantitative estimate of drug-likeness (QED) is 0.727. The van der Waals surface area contributed by atoms with Crippen LogP contribution in [0.3, 0.4) is 0 Å². The van der Waals surface area contributed by atoms with Crippen LogP contribution in [0.25, 0.3) is 0 Å². The lowest BCUT2D eigenvalue weighted by molar-refractivity contribution is -0.179. The summed E-state index contributed by atoms with van der Waals surface area (Å²) in [4.78, 5) is 22.4. The molecule has 3 atom stereocenters. The van der Waals surface area contributed by atoms with Crippen LogP contribution in [0.4, 0.5) is 0 Å². The Balaban J connectivity index is 1.45. The predicted octanol–water partition coefficient (Wildman–Crippen LogP) is 1.71. The lowest BCUT2D eigenvalue weighted by Crippen LogP contribution is -2.71. The number of aliphatic carboxylic acids is 1. The normalized spacial score (nSPS) is 33.1. The molecule has 0 radical (unpaired) electrons. The molecule has 1 aliphatic heterocycles. The van der Waals surface area contributed by atoms with E-state index in [-0.39, 0.29) is 17.7 Å². The number of carbonyl (C=O) groups excluding carboxylic acids is 1. The highest BCUT2D eigenvalue weighted by Gasteiger charge is 2.66. The van der Waals surface area contributed by atoms with Gasteiger partial charge in [-0.3, -0.25) is 9.59 Å². The molecular formula is C15H23NO4. The van der Waals surface area contributed by atoms with Gasteiger partial charge in [0.05, 0.1) is 6.10 Å².